The van der Waals surface area contributed by atoms with Crippen LogP contribution in [0.5, 0.6) is 5.95 Å². The summed E-state index contributed by atoms with van der Waals surface area (Å²) >= 11 is 0. The molecule has 0 N–H and O–H groups in total. The Morgan fingerprint density at radius 3 is 2.60 bits per heavy atom. The highest BCUT2D eigenvalue weighted by Crippen LogP contribution is 2.22. The first-order chi connectivity index (χ1) is 9.74. The molecule has 1 aromatic carbocycles. The van der Waals surface area contributed by atoms with E-state index >= 15 is 0 Å². The van der Waals surface area contributed by atoms with E-state index in [-0.39, 0.29) is 18.2 Å². The monoisotopic (exact) mass is 275 g/mol. The molecule has 0 spiro atoms. The molecule has 2 aromatic rings. The van der Waals surface area contributed by atoms with E-state index in [0.717, 1.165) is 5.56 Å². The average molecular weight is 275 g/mol. The normalized spacial score (nSPS) is 10.3. The molecule has 5 nitrogen and oxygen atoms in total. The molecule has 0 unspecified atom stereocenters. The highest BCUT2D eigenvalue weighted by atomic mass is 16.6. The van der Waals surface area contributed by atoms with Crippen molar-refractivity contribution in [3.8, 4) is 5.95 Å². The molecule has 0 aliphatic rings. The van der Waals surface area contributed by atoms with Gasteiger partial charge in [0.2, 0.25) is 11.6 Å². The van der Waals surface area contributed by atoms with Crippen LogP contribution in [0.25, 0.3) is 0 Å². The second-order valence-electron chi connectivity index (χ2n) is 4.06. The van der Waals surface area contributed by atoms with Crippen LogP contribution >= 0.6 is 0 Å². The molecule has 0 atom stereocenters. The molecular formula is C15H17NO4. The zero-order valence-corrected chi connectivity index (χ0v) is 11.6. The molecule has 0 saturated carbocycles. The van der Waals surface area contributed by atoms with Gasteiger partial charge in [0.05, 0.1) is 13.2 Å². The molecule has 20 heavy (non-hydrogen) atoms. The van der Waals surface area contributed by atoms with Crippen LogP contribution in [-0.2, 0) is 11.2 Å². The standard InChI is InChI=1S/C15H17NO4/c1-3-18-14(17)13-15(19-4-2)20-12(16-13)10-11-8-6-5-7-9-11/h5-9H,3-4,10H2,1-2H3. The number of hydrogen-bond acceptors (Lipinski definition) is 5. The Morgan fingerprint density at radius 1 is 1.20 bits per heavy atom. The predicted octanol–water partition coefficient (Wildman–Crippen LogP) is 2.84. The van der Waals surface area contributed by atoms with Crippen molar-refractivity contribution in [3.05, 3.63) is 47.5 Å². The third-order valence-corrected chi connectivity index (χ3v) is 2.58. The minimum atomic E-state index is -0.529. The molecule has 0 radical (unpaired) electrons. The summed E-state index contributed by atoms with van der Waals surface area (Å²) in [5.74, 6) is 0.0265. The maximum absolute atomic E-state index is 11.8. The van der Waals surface area contributed by atoms with Crippen LogP contribution in [0.15, 0.2) is 34.7 Å². The van der Waals surface area contributed by atoms with Crippen LogP contribution in [0.1, 0.15) is 35.8 Å². The zero-order chi connectivity index (χ0) is 14.4. The van der Waals surface area contributed by atoms with Gasteiger partial charge < -0.3 is 13.9 Å². The van der Waals surface area contributed by atoms with Gasteiger partial charge in [-0.2, -0.15) is 0 Å². The maximum atomic E-state index is 11.8. The minimum absolute atomic E-state index is 0.0969. The fraction of sp³-hybridized carbons (Fsp3) is 0.333. The van der Waals surface area contributed by atoms with Gasteiger partial charge >= 0.3 is 11.9 Å². The van der Waals surface area contributed by atoms with E-state index in [4.69, 9.17) is 13.9 Å². The predicted molar refractivity (Wildman–Crippen MR) is 72.9 cm³/mol. The van der Waals surface area contributed by atoms with Gasteiger partial charge in [-0.1, -0.05) is 30.3 Å². The molecule has 0 saturated heterocycles. The van der Waals surface area contributed by atoms with Crippen molar-refractivity contribution < 1.29 is 18.7 Å². The van der Waals surface area contributed by atoms with Crippen LogP contribution < -0.4 is 4.74 Å². The summed E-state index contributed by atoms with van der Waals surface area (Å²) in [6.07, 6.45) is 0.500. The maximum Gasteiger partial charge on any atom is 0.364 e. The molecule has 5 heteroatoms. The second-order valence-corrected chi connectivity index (χ2v) is 4.06. The van der Waals surface area contributed by atoms with E-state index in [1.165, 1.54) is 0 Å². The van der Waals surface area contributed by atoms with Gasteiger partial charge in [0.1, 0.15) is 0 Å². The zero-order valence-electron chi connectivity index (χ0n) is 11.6. The van der Waals surface area contributed by atoms with E-state index < -0.39 is 5.97 Å². The Balaban J connectivity index is 2.22. The first kappa shape index (κ1) is 14.1. The lowest BCUT2D eigenvalue weighted by Crippen LogP contribution is -2.07. The topological polar surface area (TPSA) is 61.6 Å². The van der Waals surface area contributed by atoms with Crippen molar-refractivity contribution in [2.75, 3.05) is 13.2 Å². The number of nitrogens with zero attached hydrogens (tertiary/aromatic N) is 1. The van der Waals surface area contributed by atoms with Gasteiger partial charge in [-0.3, -0.25) is 0 Å². The highest BCUT2D eigenvalue weighted by Gasteiger charge is 2.22. The van der Waals surface area contributed by atoms with Crippen molar-refractivity contribution in [2.45, 2.75) is 20.3 Å². The molecule has 1 heterocycles. The quantitative estimate of drug-likeness (QED) is 0.759. The van der Waals surface area contributed by atoms with Crippen LogP contribution in [-0.4, -0.2) is 24.2 Å². The number of rotatable bonds is 6. The van der Waals surface area contributed by atoms with Crippen LogP contribution in [0.3, 0.4) is 0 Å². The summed E-state index contributed by atoms with van der Waals surface area (Å²) in [4.78, 5) is 16.0. The number of aromatic nitrogens is 1. The Labute approximate surface area is 117 Å². The van der Waals surface area contributed by atoms with Gasteiger partial charge in [-0.25, -0.2) is 9.78 Å². The van der Waals surface area contributed by atoms with Crippen molar-refractivity contribution in [1.82, 2.24) is 4.98 Å². The summed E-state index contributed by atoms with van der Waals surface area (Å²) in [5, 5.41) is 0. The molecule has 0 aliphatic heterocycles. The third kappa shape index (κ3) is 3.38. The van der Waals surface area contributed by atoms with Crippen LogP contribution in [0, 0.1) is 0 Å². The Bertz CT molecular complexity index is 563. The first-order valence-electron chi connectivity index (χ1n) is 6.58. The van der Waals surface area contributed by atoms with Gasteiger partial charge in [-0.15, -0.1) is 0 Å². The lowest BCUT2D eigenvalue weighted by atomic mass is 10.1. The molecule has 1 aromatic heterocycles. The molecule has 0 amide bonds. The van der Waals surface area contributed by atoms with E-state index in [1.807, 2.05) is 37.3 Å². The number of oxazole rings is 1. The summed E-state index contributed by atoms with van der Waals surface area (Å²) in [6.45, 7) is 4.23. The lowest BCUT2D eigenvalue weighted by Gasteiger charge is -2.00. The fourth-order valence-electron chi connectivity index (χ4n) is 1.75. The summed E-state index contributed by atoms with van der Waals surface area (Å²) in [6, 6.07) is 9.75. The van der Waals surface area contributed by atoms with Gasteiger partial charge in [0, 0.05) is 6.42 Å². The third-order valence-electron chi connectivity index (χ3n) is 2.58. The van der Waals surface area contributed by atoms with Gasteiger partial charge in [0.25, 0.3) is 0 Å². The Morgan fingerprint density at radius 2 is 1.95 bits per heavy atom. The molecule has 0 fully saturated rings. The average Bonchev–Trinajstić information content (AvgIpc) is 2.83. The number of esters is 1. The van der Waals surface area contributed by atoms with Gasteiger partial charge in [0.15, 0.2) is 0 Å². The van der Waals surface area contributed by atoms with E-state index in [9.17, 15) is 4.79 Å². The number of ether oxygens (including phenoxy) is 2. The first-order valence-corrected chi connectivity index (χ1v) is 6.58. The minimum Gasteiger partial charge on any atom is -0.464 e. The summed E-state index contributed by atoms with van der Waals surface area (Å²) in [5.41, 5.74) is 1.15. The van der Waals surface area contributed by atoms with Crippen molar-refractivity contribution in [3.63, 3.8) is 0 Å². The smallest absolute Gasteiger partial charge is 0.364 e. The molecule has 0 aliphatic carbocycles. The largest absolute Gasteiger partial charge is 0.464 e. The van der Waals surface area contributed by atoms with Gasteiger partial charge in [-0.05, 0) is 19.4 Å². The molecule has 106 valence electrons. The Hall–Kier alpha value is -2.30. The Kier molecular flexibility index (Phi) is 4.76. The van der Waals surface area contributed by atoms with Crippen LogP contribution in [0.4, 0.5) is 0 Å². The SMILES string of the molecule is CCOC(=O)c1nc(Cc2ccccc2)oc1OCC. The molecular weight excluding hydrogens is 258 g/mol. The van der Waals surface area contributed by atoms with Crippen molar-refractivity contribution >= 4 is 5.97 Å². The molecule has 0 bridgehead atoms. The highest BCUT2D eigenvalue weighted by molar-refractivity contribution is 5.89. The van der Waals surface area contributed by atoms with Crippen molar-refractivity contribution in [1.29, 1.82) is 0 Å². The number of carbonyl (C=O) groups excluding carboxylic acids is 1. The van der Waals surface area contributed by atoms with Crippen LogP contribution in [0.2, 0.25) is 0 Å². The van der Waals surface area contributed by atoms with E-state index in [0.29, 0.717) is 18.9 Å². The molecule has 2 rings (SSSR count). The lowest BCUT2D eigenvalue weighted by molar-refractivity contribution is 0.0512. The number of benzene rings is 1. The van der Waals surface area contributed by atoms with Crippen molar-refractivity contribution in [2.24, 2.45) is 0 Å². The number of hydrogen-bond donors (Lipinski definition) is 0. The number of carbonyl (C=O) groups is 1. The fourth-order valence-corrected chi connectivity index (χ4v) is 1.75. The second kappa shape index (κ2) is 6.75. The van der Waals surface area contributed by atoms with E-state index in [1.54, 1.807) is 6.92 Å². The van der Waals surface area contributed by atoms with E-state index in [2.05, 4.69) is 4.98 Å². The summed E-state index contributed by atoms with van der Waals surface area (Å²) in [7, 11) is 0. The summed E-state index contributed by atoms with van der Waals surface area (Å²) < 4.78 is 15.7.